The van der Waals surface area contributed by atoms with E-state index in [4.69, 9.17) is 21.4 Å². The first-order chi connectivity index (χ1) is 20.6. The number of nitrogens with zero attached hydrogens (tertiary/aromatic N) is 2. The van der Waals surface area contributed by atoms with Crippen LogP contribution in [0.25, 0.3) is 11.1 Å². The molecule has 6 rings (SSSR count). The summed E-state index contributed by atoms with van der Waals surface area (Å²) in [4.78, 5) is 38.9. The summed E-state index contributed by atoms with van der Waals surface area (Å²) in [7, 11) is -3.67. The molecule has 3 aromatic rings. The van der Waals surface area contributed by atoms with Crippen molar-refractivity contribution in [3.63, 3.8) is 0 Å². The molecule has 43 heavy (non-hydrogen) atoms. The van der Waals surface area contributed by atoms with Crippen molar-refractivity contribution in [2.45, 2.75) is 69.6 Å². The van der Waals surface area contributed by atoms with E-state index in [2.05, 4.69) is 22.0 Å². The van der Waals surface area contributed by atoms with Gasteiger partial charge in [0, 0.05) is 22.0 Å². The number of hydrogen-bond donors (Lipinski definition) is 2. The molecule has 2 aromatic carbocycles. The molecule has 0 bridgehead atoms. The first-order valence-electron chi connectivity index (χ1n) is 14.8. The van der Waals surface area contributed by atoms with Crippen molar-refractivity contribution >= 4 is 49.9 Å². The molecule has 228 valence electrons. The predicted molar refractivity (Wildman–Crippen MR) is 168 cm³/mol. The number of benzene rings is 2. The number of amides is 2. The Morgan fingerprint density at radius 3 is 2.42 bits per heavy atom. The molecule has 12 heteroatoms. The molecule has 0 unspecified atom stereocenters. The lowest BCUT2D eigenvalue weighted by molar-refractivity contribution is 0.0365. The highest BCUT2D eigenvalue weighted by Crippen LogP contribution is 2.48. The highest BCUT2D eigenvalue weighted by Gasteiger charge is 2.40. The van der Waals surface area contributed by atoms with Gasteiger partial charge in [-0.1, -0.05) is 35.9 Å². The summed E-state index contributed by atoms with van der Waals surface area (Å²) in [5.41, 5.74) is 5.75. The second-order valence-corrected chi connectivity index (χ2v) is 15.0. The first-order valence-corrected chi connectivity index (χ1v) is 17.5. The Kier molecular flexibility index (Phi) is 8.52. The number of nitrogens with one attached hydrogen (secondary N) is 2. The van der Waals surface area contributed by atoms with Gasteiger partial charge in [0.2, 0.25) is 10.0 Å². The van der Waals surface area contributed by atoms with Gasteiger partial charge in [0.1, 0.15) is 5.69 Å². The summed E-state index contributed by atoms with van der Waals surface area (Å²) in [6.45, 7) is 5.07. The van der Waals surface area contributed by atoms with Gasteiger partial charge in [0.05, 0.1) is 17.9 Å². The number of carbonyl (C=O) groups excluding carboxylic acids is 2. The van der Waals surface area contributed by atoms with Gasteiger partial charge in [-0.05, 0) is 99.1 Å². The highest BCUT2D eigenvalue weighted by molar-refractivity contribution is 7.91. The lowest BCUT2D eigenvalue weighted by Gasteiger charge is -2.29. The summed E-state index contributed by atoms with van der Waals surface area (Å²) < 4.78 is 27.3. The quantitative estimate of drug-likeness (QED) is 0.213. The number of aromatic nitrogens is 1. The molecule has 3 aliphatic rings. The second kappa shape index (κ2) is 12.2. The standard InChI is InChI=1S/C31H35ClN4O5S2/c1-3-41-34-29(37)25-15-12-23(32)16-26(25)21-8-6-20(7-9-21)18(2)36(17-19-4-5-19)31-33-27(28(42-31)22-10-11-22)30(38)35-43(39,40)24-13-14-24/h6-9,12,15-16,18-19,22,24H,3-5,10-11,13-14,17H2,1-2H3,(H,34,37)(H,35,38)/t18-/m1/s1. The molecule has 0 aliphatic heterocycles. The Morgan fingerprint density at radius 1 is 1.07 bits per heavy atom. The minimum absolute atomic E-state index is 0.0564. The van der Waals surface area contributed by atoms with E-state index in [9.17, 15) is 18.0 Å². The number of rotatable bonds is 13. The van der Waals surface area contributed by atoms with Gasteiger partial charge < -0.3 is 4.90 Å². The van der Waals surface area contributed by atoms with Gasteiger partial charge in [-0.25, -0.2) is 23.6 Å². The van der Waals surface area contributed by atoms with Crippen molar-refractivity contribution in [3.8, 4) is 11.1 Å². The van der Waals surface area contributed by atoms with Crippen LogP contribution in [0.2, 0.25) is 5.02 Å². The summed E-state index contributed by atoms with van der Waals surface area (Å²) in [5.74, 6) is -0.160. The molecule has 0 radical (unpaired) electrons. The van der Waals surface area contributed by atoms with Crippen LogP contribution < -0.4 is 15.1 Å². The molecule has 3 aliphatic carbocycles. The zero-order valence-corrected chi connectivity index (χ0v) is 26.5. The van der Waals surface area contributed by atoms with Crippen molar-refractivity contribution in [1.29, 1.82) is 0 Å². The maximum Gasteiger partial charge on any atom is 0.284 e. The monoisotopic (exact) mass is 642 g/mol. The molecule has 1 heterocycles. The fourth-order valence-electron chi connectivity index (χ4n) is 5.11. The van der Waals surface area contributed by atoms with Gasteiger partial charge >= 0.3 is 0 Å². The molecule has 0 saturated heterocycles. The lowest BCUT2D eigenvalue weighted by Crippen LogP contribution is -2.34. The summed E-state index contributed by atoms with van der Waals surface area (Å²) >= 11 is 7.81. The van der Waals surface area contributed by atoms with E-state index in [1.54, 1.807) is 25.1 Å². The topological polar surface area (TPSA) is 118 Å². The van der Waals surface area contributed by atoms with Crippen molar-refractivity contribution < 1.29 is 22.8 Å². The number of hydroxylamine groups is 1. The smallest absolute Gasteiger partial charge is 0.284 e. The Labute approximate surface area is 261 Å². The average molecular weight is 643 g/mol. The Hall–Kier alpha value is -2.99. The summed E-state index contributed by atoms with van der Waals surface area (Å²) in [6, 6.07) is 13.1. The molecule has 9 nitrogen and oxygen atoms in total. The molecule has 0 spiro atoms. The maximum atomic E-state index is 13.2. The average Bonchev–Trinajstić information content (AvgIpc) is 3.84. The van der Waals surface area contributed by atoms with Crippen molar-refractivity contribution in [2.24, 2.45) is 5.92 Å². The van der Waals surface area contributed by atoms with Crippen LogP contribution in [0.15, 0.2) is 42.5 Å². The third kappa shape index (κ3) is 6.90. The van der Waals surface area contributed by atoms with Crippen LogP contribution in [0.5, 0.6) is 0 Å². The SMILES string of the molecule is CCONC(=O)c1ccc(Cl)cc1-c1ccc([C@@H](C)N(CC2CC2)c2nc(C(=O)NS(=O)(=O)C3CC3)c(C3CC3)s2)cc1. The van der Waals surface area contributed by atoms with Crippen LogP contribution in [0.4, 0.5) is 5.13 Å². The molecular weight excluding hydrogens is 608 g/mol. The molecule has 2 amide bonds. The Morgan fingerprint density at radius 2 is 1.79 bits per heavy atom. The largest absolute Gasteiger partial charge is 0.341 e. The van der Waals surface area contributed by atoms with Crippen LogP contribution in [-0.2, 0) is 14.9 Å². The van der Waals surface area contributed by atoms with E-state index in [1.807, 2.05) is 24.3 Å². The number of carbonyl (C=O) groups is 2. The van der Waals surface area contributed by atoms with Gasteiger partial charge in [-0.15, -0.1) is 11.3 Å². The first kappa shape index (κ1) is 30.1. The maximum absolute atomic E-state index is 13.2. The second-order valence-electron chi connectivity index (χ2n) is 11.6. The van der Waals surface area contributed by atoms with E-state index in [0.717, 1.165) is 53.4 Å². The zero-order chi connectivity index (χ0) is 30.3. The fraction of sp³-hybridized carbons (Fsp3) is 0.452. The van der Waals surface area contributed by atoms with Crippen LogP contribution in [0, 0.1) is 5.92 Å². The van der Waals surface area contributed by atoms with E-state index in [-0.39, 0.29) is 23.6 Å². The van der Waals surface area contributed by atoms with Gasteiger partial charge in [0.15, 0.2) is 5.13 Å². The number of hydrogen-bond acceptors (Lipinski definition) is 8. The van der Waals surface area contributed by atoms with E-state index >= 15 is 0 Å². The van der Waals surface area contributed by atoms with Gasteiger partial charge in [0.25, 0.3) is 11.8 Å². The summed E-state index contributed by atoms with van der Waals surface area (Å²) in [6.07, 6.45) is 5.43. The predicted octanol–water partition coefficient (Wildman–Crippen LogP) is 6.22. The van der Waals surface area contributed by atoms with Crippen molar-refractivity contribution in [2.75, 3.05) is 18.1 Å². The van der Waals surface area contributed by atoms with Crippen LogP contribution in [0.1, 0.15) is 95.6 Å². The van der Waals surface area contributed by atoms with E-state index < -0.39 is 21.2 Å². The Bertz CT molecular complexity index is 1630. The van der Waals surface area contributed by atoms with Crippen molar-refractivity contribution in [1.82, 2.24) is 15.2 Å². The fourth-order valence-corrected chi connectivity index (χ4v) is 7.89. The minimum Gasteiger partial charge on any atom is -0.341 e. The molecular formula is C31H35ClN4O5S2. The third-order valence-electron chi connectivity index (χ3n) is 8.11. The molecule has 1 atom stereocenters. The molecule has 2 N–H and O–H groups in total. The molecule has 3 fully saturated rings. The lowest BCUT2D eigenvalue weighted by atomic mass is 9.96. The zero-order valence-electron chi connectivity index (χ0n) is 24.1. The number of thiazole rings is 1. The third-order valence-corrected chi connectivity index (χ3v) is 11.4. The normalized spacial score (nSPS) is 17.4. The minimum atomic E-state index is -3.67. The van der Waals surface area contributed by atoms with Crippen LogP contribution in [0.3, 0.4) is 0 Å². The number of halogens is 1. The molecule has 3 saturated carbocycles. The number of anilines is 1. The van der Waals surface area contributed by atoms with Gasteiger partial charge in [-0.2, -0.15) is 0 Å². The van der Waals surface area contributed by atoms with E-state index in [0.29, 0.717) is 41.5 Å². The van der Waals surface area contributed by atoms with Crippen LogP contribution >= 0.6 is 22.9 Å². The molecule has 1 aromatic heterocycles. The van der Waals surface area contributed by atoms with E-state index in [1.165, 1.54) is 11.3 Å². The summed E-state index contributed by atoms with van der Waals surface area (Å²) in [5, 5.41) is 0.787. The number of sulfonamides is 1. The van der Waals surface area contributed by atoms with Crippen LogP contribution in [-0.4, -0.2) is 43.6 Å². The van der Waals surface area contributed by atoms with Crippen molar-refractivity contribution in [3.05, 3.63) is 69.2 Å². The highest BCUT2D eigenvalue weighted by atomic mass is 35.5. The van der Waals surface area contributed by atoms with Gasteiger partial charge in [-0.3, -0.25) is 14.4 Å². The Balaban J connectivity index is 1.27.